The lowest BCUT2D eigenvalue weighted by molar-refractivity contribution is -0.117. The Balaban J connectivity index is 2.58. The summed E-state index contributed by atoms with van der Waals surface area (Å²) in [6.07, 6.45) is 0.925. The molecule has 1 aliphatic heterocycles. The predicted octanol–water partition coefficient (Wildman–Crippen LogP) is 1.78. The van der Waals surface area contributed by atoms with Crippen LogP contribution in [0.4, 0.5) is 11.4 Å². The molecule has 18 heavy (non-hydrogen) atoms. The van der Waals surface area contributed by atoms with Crippen molar-refractivity contribution in [1.29, 1.82) is 0 Å². The number of aryl methyl sites for hydroxylation is 1. The van der Waals surface area contributed by atoms with E-state index in [0.29, 0.717) is 11.6 Å². The third-order valence-electron chi connectivity index (χ3n) is 3.28. The maximum atomic E-state index is 12.0. The summed E-state index contributed by atoms with van der Waals surface area (Å²) in [5.41, 5.74) is 8.44. The van der Waals surface area contributed by atoms with Gasteiger partial charge in [-0.15, -0.1) is 0 Å². The lowest BCUT2D eigenvalue weighted by atomic mass is 10.1. The number of hydrogen-bond donors (Lipinski definition) is 1. The van der Waals surface area contributed by atoms with Gasteiger partial charge in [-0.1, -0.05) is 11.6 Å². The van der Waals surface area contributed by atoms with Gasteiger partial charge in [-0.25, -0.2) is 0 Å². The van der Waals surface area contributed by atoms with Gasteiger partial charge in [0.25, 0.3) is 0 Å². The number of rotatable bonds is 1. The standard InChI is InChI=1S/C13H18ClN3O/c1-9-6-10(14)7-11-13(9)17(12(18)8-15)5-3-4-16(11)2/h6-7H,3-5,8,15H2,1-2H3. The summed E-state index contributed by atoms with van der Waals surface area (Å²) in [4.78, 5) is 15.9. The molecule has 1 aliphatic rings. The minimum Gasteiger partial charge on any atom is -0.373 e. The minimum absolute atomic E-state index is 0.0330. The summed E-state index contributed by atoms with van der Waals surface area (Å²) >= 11 is 6.11. The predicted molar refractivity (Wildman–Crippen MR) is 75.5 cm³/mol. The molecule has 0 fully saturated rings. The second-order valence-corrected chi connectivity index (χ2v) is 5.05. The Morgan fingerprint density at radius 1 is 1.44 bits per heavy atom. The lowest BCUT2D eigenvalue weighted by Crippen LogP contribution is -2.36. The van der Waals surface area contributed by atoms with Gasteiger partial charge in [0.15, 0.2) is 0 Å². The van der Waals surface area contributed by atoms with E-state index in [-0.39, 0.29) is 12.5 Å². The van der Waals surface area contributed by atoms with Crippen LogP contribution in [0, 0.1) is 6.92 Å². The Bertz CT molecular complexity index is 476. The van der Waals surface area contributed by atoms with E-state index in [1.165, 1.54) is 0 Å². The van der Waals surface area contributed by atoms with E-state index in [0.717, 1.165) is 29.9 Å². The van der Waals surface area contributed by atoms with Crippen molar-refractivity contribution in [1.82, 2.24) is 0 Å². The number of carbonyl (C=O) groups excluding carboxylic acids is 1. The zero-order valence-corrected chi connectivity index (χ0v) is 11.5. The van der Waals surface area contributed by atoms with E-state index in [4.69, 9.17) is 17.3 Å². The highest BCUT2D eigenvalue weighted by Gasteiger charge is 2.24. The van der Waals surface area contributed by atoms with E-state index in [2.05, 4.69) is 4.90 Å². The fourth-order valence-corrected chi connectivity index (χ4v) is 2.68. The summed E-state index contributed by atoms with van der Waals surface area (Å²) in [5.74, 6) is -0.0445. The molecular formula is C13H18ClN3O. The molecule has 0 radical (unpaired) electrons. The van der Waals surface area contributed by atoms with Gasteiger partial charge in [0.05, 0.1) is 17.9 Å². The molecule has 1 heterocycles. The third kappa shape index (κ3) is 2.31. The first-order valence-corrected chi connectivity index (χ1v) is 6.44. The molecule has 4 nitrogen and oxygen atoms in total. The van der Waals surface area contributed by atoms with E-state index >= 15 is 0 Å². The SMILES string of the molecule is Cc1cc(Cl)cc2c1N(C(=O)CN)CCCN2C. The number of nitrogens with two attached hydrogens (primary N) is 1. The lowest BCUT2D eigenvalue weighted by Gasteiger charge is -2.26. The number of hydrogen-bond acceptors (Lipinski definition) is 3. The molecule has 2 rings (SSSR count). The summed E-state index contributed by atoms with van der Waals surface area (Å²) in [6, 6.07) is 3.79. The fraction of sp³-hybridized carbons (Fsp3) is 0.462. The Morgan fingerprint density at radius 2 is 2.17 bits per heavy atom. The second-order valence-electron chi connectivity index (χ2n) is 4.62. The number of anilines is 2. The molecule has 1 aromatic rings. The van der Waals surface area contributed by atoms with E-state index < -0.39 is 0 Å². The molecule has 0 bridgehead atoms. The third-order valence-corrected chi connectivity index (χ3v) is 3.50. The van der Waals surface area contributed by atoms with Crippen molar-refractivity contribution in [2.45, 2.75) is 13.3 Å². The highest BCUT2D eigenvalue weighted by Crippen LogP contribution is 2.37. The average molecular weight is 268 g/mol. The Kier molecular flexibility index (Phi) is 3.78. The van der Waals surface area contributed by atoms with Crippen LogP contribution in [0.2, 0.25) is 5.02 Å². The van der Waals surface area contributed by atoms with Crippen LogP contribution in [0.15, 0.2) is 12.1 Å². The van der Waals surface area contributed by atoms with Crippen molar-refractivity contribution in [3.05, 3.63) is 22.7 Å². The van der Waals surface area contributed by atoms with Crippen molar-refractivity contribution in [2.24, 2.45) is 5.73 Å². The quantitative estimate of drug-likeness (QED) is 0.844. The van der Waals surface area contributed by atoms with Gasteiger partial charge < -0.3 is 15.5 Å². The summed E-state index contributed by atoms with van der Waals surface area (Å²) in [6.45, 7) is 3.61. The molecule has 0 aliphatic carbocycles. The monoisotopic (exact) mass is 267 g/mol. The van der Waals surface area contributed by atoms with Gasteiger partial charge in [0.2, 0.25) is 5.91 Å². The summed E-state index contributed by atoms with van der Waals surface area (Å²) < 4.78 is 0. The Morgan fingerprint density at radius 3 is 2.83 bits per heavy atom. The Hall–Kier alpha value is -1.26. The van der Waals surface area contributed by atoms with Crippen molar-refractivity contribution in [3.63, 3.8) is 0 Å². The van der Waals surface area contributed by atoms with Gasteiger partial charge in [-0.3, -0.25) is 4.79 Å². The summed E-state index contributed by atoms with van der Waals surface area (Å²) in [5, 5.41) is 0.695. The molecule has 0 atom stereocenters. The van der Waals surface area contributed by atoms with Crippen LogP contribution in [-0.4, -0.2) is 32.6 Å². The van der Waals surface area contributed by atoms with Crippen LogP contribution < -0.4 is 15.5 Å². The van der Waals surface area contributed by atoms with E-state index in [1.54, 1.807) is 4.90 Å². The van der Waals surface area contributed by atoms with Crippen LogP contribution in [-0.2, 0) is 4.79 Å². The zero-order valence-electron chi connectivity index (χ0n) is 10.7. The first kappa shape index (κ1) is 13.2. The van der Waals surface area contributed by atoms with Gasteiger partial charge in [0.1, 0.15) is 0 Å². The van der Waals surface area contributed by atoms with Crippen LogP contribution in [0.25, 0.3) is 0 Å². The van der Waals surface area contributed by atoms with Crippen LogP contribution >= 0.6 is 11.6 Å². The number of carbonyl (C=O) groups is 1. The zero-order chi connectivity index (χ0) is 13.3. The molecule has 0 aromatic heterocycles. The molecule has 5 heteroatoms. The molecule has 0 saturated carbocycles. The second kappa shape index (κ2) is 5.16. The van der Waals surface area contributed by atoms with Crippen LogP contribution in [0.5, 0.6) is 0 Å². The van der Waals surface area contributed by atoms with E-state index in [9.17, 15) is 4.79 Å². The van der Waals surface area contributed by atoms with Crippen molar-refractivity contribution in [3.8, 4) is 0 Å². The molecule has 0 spiro atoms. The van der Waals surface area contributed by atoms with Crippen LogP contribution in [0.3, 0.4) is 0 Å². The average Bonchev–Trinajstić information content (AvgIpc) is 2.49. The minimum atomic E-state index is -0.0445. The van der Waals surface area contributed by atoms with Crippen molar-refractivity contribution >= 4 is 28.9 Å². The molecule has 1 amide bonds. The first-order valence-electron chi connectivity index (χ1n) is 6.06. The number of amides is 1. The molecular weight excluding hydrogens is 250 g/mol. The highest BCUT2D eigenvalue weighted by atomic mass is 35.5. The maximum Gasteiger partial charge on any atom is 0.240 e. The fourth-order valence-electron chi connectivity index (χ4n) is 2.42. The Labute approximate surface area is 112 Å². The maximum absolute atomic E-state index is 12.0. The first-order chi connectivity index (χ1) is 8.54. The topological polar surface area (TPSA) is 49.6 Å². The van der Waals surface area contributed by atoms with Gasteiger partial charge in [-0.2, -0.15) is 0 Å². The number of benzene rings is 1. The normalized spacial score (nSPS) is 15.3. The van der Waals surface area contributed by atoms with Gasteiger partial charge in [-0.05, 0) is 31.0 Å². The van der Waals surface area contributed by atoms with Gasteiger partial charge >= 0.3 is 0 Å². The molecule has 0 saturated heterocycles. The smallest absolute Gasteiger partial charge is 0.240 e. The number of nitrogens with zero attached hydrogens (tertiary/aromatic N) is 2. The molecule has 2 N–H and O–H groups in total. The van der Waals surface area contributed by atoms with E-state index in [1.807, 2.05) is 26.1 Å². The molecule has 1 aromatic carbocycles. The molecule has 0 unspecified atom stereocenters. The van der Waals surface area contributed by atoms with Crippen molar-refractivity contribution in [2.75, 3.05) is 36.5 Å². The highest BCUT2D eigenvalue weighted by molar-refractivity contribution is 6.31. The van der Waals surface area contributed by atoms with Crippen molar-refractivity contribution < 1.29 is 4.79 Å². The van der Waals surface area contributed by atoms with Crippen LogP contribution in [0.1, 0.15) is 12.0 Å². The summed E-state index contributed by atoms with van der Waals surface area (Å²) in [7, 11) is 2.02. The van der Waals surface area contributed by atoms with Gasteiger partial charge in [0, 0.05) is 25.2 Å². The number of fused-ring (bicyclic) bond motifs is 1. The largest absolute Gasteiger partial charge is 0.373 e. The molecule has 98 valence electrons. The number of halogens is 1.